The fourth-order valence-electron chi connectivity index (χ4n) is 4.05. The van der Waals surface area contributed by atoms with Crippen molar-refractivity contribution in [2.24, 2.45) is 0 Å². The molecule has 10 nitrogen and oxygen atoms in total. The lowest BCUT2D eigenvalue weighted by Crippen LogP contribution is -2.38. The van der Waals surface area contributed by atoms with E-state index in [2.05, 4.69) is 32.3 Å². The van der Waals surface area contributed by atoms with Crippen LogP contribution in [0.2, 0.25) is 0 Å². The van der Waals surface area contributed by atoms with Crippen LogP contribution in [0.3, 0.4) is 0 Å². The molecular formula is C23H24N6O4. The van der Waals surface area contributed by atoms with Gasteiger partial charge in [-0.15, -0.1) is 0 Å². The number of morpholine rings is 1. The van der Waals surface area contributed by atoms with E-state index in [1.54, 1.807) is 0 Å². The highest BCUT2D eigenvalue weighted by molar-refractivity contribution is 5.71. The minimum absolute atomic E-state index is 0.0659. The number of rotatable bonds is 7. The molecule has 0 unspecified atom stereocenters. The van der Waals surface area contributed by atoms with Gasteiger partial charge in [0.2, 0.25) is 5.95 Å². The number of benzene rings is 1. The molecule has 1 aliphatic carbocycles. The first-order valence-corrected chi connectivity index (χ1v) is 11.0. The van der Waals surface area contributed by atoms with Gasteiger partial charge in [0.1, 0.15) is 24.4 Å². The van der Waals surface area contributed by atoms with Gasteiger partial charge in [0.05, 0.1) is 23.8 Å². The van der Waals surface area contributed by atoms with E-state index >= 15 is 0 Å². The molecule has 33 heavy (non-hydrogen) atoms. The predicted molar refractivity (Wildman–Crippen MR) is 122 cm³/mol. The molecule has 2 aromatic heterocycles. The zero-order valence-corrected chi connectivity index (χ0v) is 18.1. The number of ether oxygens (including phenoxy) is 2. The van der Waals surface area contributed by atoms with Gasteiger partial charge < -0.3 is 14.8 Å². The molecule has 0 saturated carbocycles. The molecular weight excluding hydrogens is 424 g/mol. The van der Waals surface area contributed by atoms with Crippen molar-refractivity contribution in [1.82, 2.24) is 19.9 Å². The van der Waals surface area contributed by atoms with Gasteiger partial charge in [0.15, 0.2) is 0 Å². The summed E-state index contributed by atoms with van der Waals surface area (Å²) >= 11 is 0. The van der Waals surface area contributed by atoms with Gasteiger partial charge in [-0.1, -0.05) is 0 Å². The number of nitrogens with one attached hydrogen (secondary N) is 1. The molecule has 0 radical (unpaired) electrons. The molecule has 170 valence electrons. The van der Waals surface area contributed by atoms with Crippen molar-refractivity contribution in [3.05, 3.63) is 64.0 Å². The van der Waals surface area contributed by atoms with Crippen LogP contribution in [0.1, 0.15) is 11.1 Å². The largest absolute Gasteiger partial charge is 0.492 e. The molecule has 3 aromatic rings. The molecule has 2 aliphatic rings. The minimum Gasteiger partial charge on any atom is -0.492 e. The van der Waals surface area contributed by atoms with Crippen LogP contribution in [0.15, 0.2) is 42.7 Å². The summed E-state index contributed by atoms with van der Waals surface area (Å²) < 4.78 is 11.4. The maximum atomic E-state index is 10.8. The van der Waals surface area contributed by atoms with E-state index in [-0.39, 0.29) is 5.69 Å². The van der Waals surface area contributed by atoms with E-state index in [1.807, 2.05) is 12.3 Å². The van der Waals surface area contributed by atoms with Gasteiger partial charge in [-0.3, -0.25) is 15.0 Å². The zero-order valence-electron chi connectivity index (χ0n) is 18.1. The van der Waals surface area contributed by atoms with Crippen molar-refractivity contribution in [3.63, 3.8) is 0 Å². The first kappa shape index (κ1) is 21.2. The van der Waals surface area contributed by atoms with Gasteiger partial charge in [-0.05, 0) is 48.2 Å². The van der Waals surface area contributed by atoms with Gasteiger partial charge >= 0.3 is 0 Å². The van der Waals surface area contributed by atoms with Crippen LogP contribution in [0.4, 0.5) is 17.5 Å². The third-order valence-electron chi connectivity index (χ3n) is 5.84. The van der Waals surface area contributed by atoms with E-state index < -0.39 is 4.92 Å². The number of nitro groups is 1. The Kier molecular flexibility index (Phi) is 6.09. The summed E-state index contributed by atoms with van der Waals surface area (Å²) in [7, 11) is 0. The average molecular weight is 448 g/mol. The minimum atomic E-state index is -0.482. The fraction of sp³-hybridized carbons (Fsp3) is 0.348. The van der Waals surface area contributed by atoms with E-state index in [4.69, 9.17) is 14.5 Å². The number of anilines is 2. The summed E-state index contributed by atoms with van der Waals surface area (Å²) in [5, 5.41) is 13.8. The standard InChI is InChI=1S/C23H24N6O4/c30-29(31)18-3-6-21(24-15-18)26-23-25-14-17-2-1-16-13-19(4-5-20(16)22(17)27-23)33-12-9-28-7-10-32-11-8-28/h3-6,13-15H,1-2,7-12H2,(H,24,25,26,27). The molecule has 1 fully saturated rings. The number of pyridine rings is 1. The third-order valence-corrected chi connectivity index (χ3v) is 5.84. The Morgan fingerprint density at radius 2 is 1.94 bits per heavy atom. The lowest BCUT2D eigenvalue weighted by atomic mass is 9.90. The van der Waals surface area contributed by atoms with Crippen molar-refractivity contribution >= 4 is 17.5 Å². The van der Waals surface area contributed by atoms with Gasteiger partial charge in [0.25, 0.3) is 5.69 Å². The number of aryl methyl sites for hydroxylation is 2. The number of nitrogens with zero attached hydrogens (tertiary/aromatic N) is 5. The van der Waals surface area contributed by atoms with Gasteiger partial charge in [-0.2, -0.15) is 0 Å². The summed E-state index contributed by atoms with van der Waals surface area (Å²) in [5.41, 5.74) is 4.17. The van der Waals surface area contributed by atoms with Crippen LogP contribution >= 0.6 is 0 Å². The number of hydrogen-bond donors (Lipinski definition) is 1. The summed E-state index contributed by atoms with van der Waals surface area (Å²) in [4.78, 5) is 25.8. The van der Waals surface area contributed by atoms with Crippen molar-refractivity contribution in [1.29, 1.82) is 0 Å². The van der Waals surface area contributed by atoms with Gasteiger partial charge in [-0.25, -0.2) is 15.0 Å². The summed E-state index contributed by atoms with van der Waals surface area (Å²) in [6.07, 6.45) is 4.79. The topological polar surface area (TPSA) is 116 Å². The maximum absolute atomic E-state index is 10.8. The Balaban J connectivity index is 1.28. The van der Waals surface area contributed by atoms with Crippen LogP contribution < -0.4 is 10.1 Å². The second-order valence-electron chi connectivity index (χ2n) is 7.97. The van der Waals surface area contributed by atoms with Crippen LogP contribution in [0.25, 0.3) is 11.3 Å². The number of fused-ring (bicyclic) bond motifs is 3. The van der Waals surface area contributed by atoms with Crippen molar-refractivity contribution < 1.29 is 14.4 Å². The van der Waals surface area contributed by atoms with E-state index in [1.165, 1.54) is 23.9 Å². The molecule has 3 heterocycles. The normalized spacial score (nSPS) is 15.4. The van der Waals surface area contributed by atoms with Crippen molar-refractivity contribution in [2.75, 3.05) is 44.8 Å². The van der Waals surface area contributed by atoms with E-state index in [0.29, 0.717) is 18.4 Å². The molecule has 0 atom stereocenters. The predicted octanol–water partition coefficient (Wildman–Crippen LogP) is 3.00. The van der Waals surface area contributed by atoms with Crippen molar-refractivity contribution in [3.8, 4) is 17.0 Å². The second kappa shape index (κ2) is 9.47. The highest BCUT2D eigenvalue weighted by Gasteiger charge is 2.20. The Bertz CT molecular complexity index is 1150. The smallest absolute Gasteiger partial charge is 0.287 e. The Hall–Kier alpha value is -3.63. The summed E-state index contributed by atoms with van der Waals surface area (Å²) in [6, 6.07) is 9.07. The molecule has 5 rings (SSSR count). The zero-order chi connectivity index (χ0) is 22.6. The first-order valence-electron chi connectivity index (χ1n) is 11.0. The molecule has 0 amide bonds. The molecule has 10 heteroatoms. The Morgan fingerprint density at radius 1 is 1.09 bits per heavy atom. The van der Waals surface area contributed by atoms with Crippen LogP contribution in [0.5, 0.6) is 5.75 Å². The third kappa shape index (κ3) is 4.91. The highest BCUT2D eigenvalue weighted by atomic mass is 16.6. The van der Waals surface area contributed by atoms with E-state index in [9.17, 15) is 10.1 Å². The Morgan fingerprint density at radius 3 is 2.73 bits per heavy atom. The lowest BCUT2D eigenvalue weighted by Gasteiger charge is -2.26. The second-order valence-corrected chi connectivity index (χ2v) is 7.97. The quantitative estimate of drug-likeness (QED) is 0.430. The Labute approximate surface area is 190 Å². The maximum Gasteiger partial charge on any atom is 0.287 e. The van der Waals surface area contributed by atoms with E-state index in [0.717, 1.165) is 68.3 Å². The number of hydrogen-bond acceptors (Lipinski definition) is 9. The molecule has 1 aliphatic heterocycles. The molecule has 0 spiro atoms. The lowest BCUT2D eigenvalue weighted by molar-refractivity contribution is -0.385. The molecule has 1 saturated heterocycles. The number of aromatic nitrogens is 3. The molecule has 0 bridgehead atoms. The van der Waals surface area contributed by atoms with Crippen LogP contribution in [-0.4, -0.2) is 64.2 Å². The van der Waals surface area contributed by atoms with Crippen LogP contribution in [-0.2, 0) is 17.6 Å². The molecule has 1 aromatic carbocycles. The average Bonchev–Trinajstić information content (AvgIpc) is 2.85. The SMILES string of the molecule is O=[N+]([O-])c1ccc(Nc2ncc3c(n2)-c2ccc(OCCN4CCOCC4)cc2CC3)nc1. The first-order chi connectivity index (χ1) is 16.2. The highest BCUT2D eigenvalue weighted by Crippen LogP contribution is 2.34. The fourth-order valence-corrected chi connectivity index (χ4v) is 4.05. The summed E-state index contributed by atoms with van der Waals surface area (Å²) in [6.45, 7) is 5.02. The van der Waals surface area contributed by atoms with Crippen molar-refractivity contribution in [2.45, 2.75) is 12.8 Å². The molecule has 1 N–H and O–H groups in total. The summed E-state index contributed by atoms with van der Waals surface area (Å²) in [5.74, 6) is 1.71. The van der Waals surface area contributed by atoms with Gasteiger partial charge in [0, 0.05) is 37.5 Å². The monoisotopic (exact) mass is 448 g/mol. The van der Waals surface area contributed by atoms with Crippen LogP contribution in [0, 0.1) is 10.1 Å².